The maximum atomic E-state index is 12.9. The van der Waals surface area contributed by atoms with Gasteiger partial charge in [0.15, 0.2) is 6.10 Å². The van der Waals surface area contributed by atoms with E-state index in [1.165, 1.54) is 212 Å². The molecule has 0 fully saturated rings. The normalized spacial score (nSPS) is 12.6. The molecule has 1 unspecified atom stereocenters. The predicted octanol–water partition coefficient (Wildman–Crippen LogP) is 23.8. The second-order valence-electron chi connectivity index (χ2n) is 23.1. The van der Waals surface area contributed by atoms with Gasteiger partial charge in [0.05, 0.1) is 6.42 Å². The molecule has 1 atom stereocenters. The molecular formula is C74H130O6. The summed E-state index contributed by atoms with van der Waals surface area (Å²) in [5.74, 6) is -1.04. The first kappa shape index (κ1) is 76.6. The van der Waals surface area contributed by atoms with E-state index in [0.29, 0.717) is 12.8 Å². The lowest BCUT2D eigenvalue weighted by Crippen LogP contribution is -2.30. The van der Waals surface area contributed by atoms with E-state index in [1.807, 2.05) is 6.08 Å². The molecule has 0 bridgehead atoms. The molecule has 6 nitrogen and oxygen atoms in total. The Morgan fingerprint density at radius 1 is 0.275 bits per heavy atom. The zero-order chi connectivity index (χ0) is 57.8. The van der Waals surface area contributed by atoms with Crippen molar-refractivity contribution in [2.75, 3.05) is 13.2 Å². The highest BCUT2D eigenvalue weighted by atomic mass is 16.6. The van der Waals surface area contributed by atoms with E-state index < -0.39 is 12.1 Å². The summed E-state index contributed by atoms with van der Waals surface area (Å²) in [6, 6.07) is 0. The third-order valence-corrected chi connectivity index (χ3v) is 15.2. The molecule has 0 aromatic heterocycles. The molecule has 0 amide bonds. The van der Waals surface area contributed by atoms with Gasteiger partial charge in [0.25, 0.3) is 0 Å². The highest BCUT2D eigenvalue weighted by molar-refractivity contribution is 5.72. The van der Waals surface area contributed by atoms with Crippen molar-refractivity contribution in [1.82, 2.24) is 0 Å². The molecule has 0 N–H and O–H groups in total. The Labute approximate surface area is 496 Å². The number of esters is 3. The summed E-state index contributed by atoms with van der Waals surface area (Å²) < 4.78 is 16.8. The molecule has 0 aromatic carbocycles. The second kappa shape index (κ2) is 68.1. The van der Waals surface area contributed by atoms with Gasteiger partial charge in [-0.3, -0.25) is 14.4 Å². The van der Waals surface area contributed by atoms with Crippen LogP contribution in [0.15, 0.2) is 85.1 Å². The van der Waals surface area contributed by atoms with Crippen LogP contribution in [-0.4, -0.2) is 37.2 Å². The summed E-state index contributed by atoms with van der Waals surface area (Å²) in [4.78, 5) is 38.3. The van der Waals surface area contributed by atoms with Gasteiger partial charge in [-0.2, -0.15) is 0 Å². The van der Waals surface area contributed by atoms with Gasteiger partial charge in [-0.25, -0.2) is 0 Å². The van der Waals surface area contributed by atoms with Crippen LogP contribution in [0.5, 0.6) is 0 Å². The monoisotopic (exact) mass is 1110 g/mol. The predicted molar refractivity (Wildman–Crippen MR) is 348 cm³/mol. The Bertz CT molecular complexity index is 1520. The highest BCUT2D eigenvalue weighted by Crippen LogP contribution is 2.18. The van der Waals surface area contributed by atoms with Crippen LogP contribution in [0, 0.1) is 0 Å². The van der Waals surface area contributed by atoms with E-state index in [9.17, 15) is 14.4 Å². The van der Waals surface area contributed by atoms with Gasteiger partial charge < -0.3 is 14.2 Å². The molecule has 0 aliphatic rings. The van der Waals surface area contributed by atoms with Crippen LogP contribution in [0.4, 0.5) is 0 Å². The van der Waals surface area contributed by atoms with Gasteiger partial charge >= 0.3 is 17.9 Å². The molecule has 80 heavy (non-hydrogen) atoms. The van der Waals surface area contributed by atoms with E-state index in [-0.39, 0.29) is 31.6 Å². The topological polar surface area (TPSA) is 78.9 Å². The van der Waals surface area contributed by atoms with Gasteiger partial charge in [-0.15, -0.1) is 0 Å². The van der Waals surface area contributed by atoms with Crippen molar-refractivity contribution in [3.8, 4) is 0 Å². The molecule has 0 spiro atoms. The first-order valence-corrected chi connectivity index (χ1v) is 34.6. The average molecular weight is 1120 g/mol. The van der Waals surface area contributed by atoms with Gasteiger partial charge in [0, 0.05) is 12.8 Å². The fourth-order valence-corrected chi connectivity index (χ4v) is 10.0. The lowest BCUT2D eigenvalue weighted by Gasteiger charge is -2.18. The summed E-state index contributed by atoms with van der Waals surface area (Å²) in [6.45, 7) is 6.45. The number of unbranched alkanes of at least 4 members (excludes halogenated alkanes) is 39. The maximum absolute atomic E-state index is 12.9. The van der Waals surface area contributed by atoms with Crippen LogP contribution in [-0.2, 0) is 28.6 Å². The molecule has 0 heterocycles. The summed E-state index contributed by atoms with van der Waals surface area (Å²) >= 11 is 0. The third kappa shape index (κ3) is 65.4. The minimum atomic E-state index is -0.824. The van der Waals surface area contributed by atoms with Crippen molar-refractivity contribution in [2.24, 2.45) is 0 Å². The number of rotatable bonds is 63. The standard InChI is InChI=1S/C74H130O6/c1-4-7-10-13-16-19-22-25-28-30-31-32-33-34-35-36-37-38-39-40-41-42-43-44-47-49-52-55-58-61-64-67-73(76)79-70-71(69-78-72(75)66-63-60-57-54-51-48-45-27-24-21-18-15-12-9-6-3)80-74(77)68-65-62-59-56-53-50-46-29-26-23-20-17-14-11-8-5-2/h9,12,18,20-21,23,27,29,45-46,51,54,60,63,71H,4-8,10-11,13-17,19,22,24-26,28,30-44,47-50,52-53,55-59,61-62,64-70H2,1-3H3/b12-9-,21-18-,23-20-,45-27-,46-29-,54-51-,63-60-. The first-order chi connectivity index (χ1) is 39.5. The third-order valence-electron chi connectivity index (χ3n) is 15.2. The molecule has 0 aliphatic heterocycles. The Hall–Kier alpha value is -3.41. The molecule has 0 aliphatic carbocycles. The van der Waals surface area contributed by atoms with Crippen molar-refractivity contribution in [1.29, 1.82) is 0 Å². The molecule has 6 heteroatoms. The van der Waals surface area contributed by atoms with Crippen LogP contribution in [0.1, 0.15) is 348 Å². The molecular weight excluding hydrogens is 985 g/mol. The molecule has 0 radical (unpaired) electrons. The van der Waals surface area contributed by atoms with E-state index in [4.69, 9.17) is 14.2 Å². The van der Waals surface area contributed by atoms with Crippen molar-refractivity contribution < 1.29 is 28.6 Å². The van der Waals surface area contributed by atoms with E-state index in [1.54, 1.807) is 6.08 Å². The Balaban J connectivity index is 4.24. The molecule has 0 rings (SSSR count). The summed E-state index contributed by atoms with van der Waals surface area (Å²) in [5, 5.41) is 0. The maximum Gasteiger partial charge on any atom is 0.309 e. The first-order valence-electron chi connectivity index (χ1n) is 34.6. The quantitative estimate of drug-likeness (QED) is 0.0261. The van der Waals surface area contributed by atoms with E-state index >= 15 is 0 Å². The summed E-state index contributed by atoms with van der Waals surface area (Å²) in [5.41, 5.74) is 0. The van der Waals surface area contributed by atoms with Gasteiger partial charge in [-0.05, 0) is 77.0 Å². The van der Waals surface area contributed by atoms with Crippen LogP contribution >= 0.6 is 0 Å². The van der Waals surface area contributed by atoms with Crippen molar-refractivity contribution in [2.45, 2.75) is 354 Å². The smallest absolute Gasteiger partial charge is 0.309 e. The Morgan fingerprint density at radius 3 is 0.887 bits per heavy atom. The lowest BCUT2D eigenvalue weighted by molar-refractivity contribution is -0.166. The van der Waals surface area contributed by atoms with Gasteiger partial charge in [0.1, 0.15) is 13.2 Å². The number of hydrogen-bond acceptors (Lipinski definition) is 6. The molecule has 462 valence electrons. The van der Waals surface area contributed by atoms with Crippen molar-refractivity contribution >= 4 is 17.9 Å². The second-order valence-corrected chi connectivity index (χ2v) is 23.1. The fourth-order valence-electron chi connectivity index (χ4n) is 10.0. The SMILES string of the molecule is CC/C=C\C/C=C\C/C=C\C/C=C\C/C=C\CC(=O)OCC(COC(=O)CCCCCCCCCCCCCCCCCCCCCCCCCCCCCCCCC)OC(=O)CCCCCCC/C=C\C/C=C\CCCCCC. The minimum absolute atomic E-state index is 0.110. The molecule has 0 saturated heterocycles. The van der Waals surface area contributed by atoms with E-state index in [0.717, 1.165) is 96.3 Å². The van der Waals surface area contributed by atoms with Crippen LogP contribution in [0.2, 0.25) is 0 Å². The van der Waals surface area contributed by atoms with Gasteiger partial charge in [0.2, 0.25) is 0 Å². The number of carbonyl (C=O) groups excluding carboxylic acids is 3. The largest absolute Gasteiger partial charge is 0.462 e. The lowest BCUT2D eigenvalue weighted by atomic mass is 10.0. The number of ether oxygens (including phenoxy) is 3. The molecule has 0 saturated carbocycles. The van der Waals surface area contributed by atoms with Crippen LogP contribution in [0.3, 0.4) is 0 Å². The van der Waals surface area contributed by atoms with Crippen LogP contribution in [0.25, 0.3) is 0 Å². The average Bonchev–Trinajstić information content (AvgIpc) is 3.46. The highest BCUT2D eigenvalue weighted by Gasteiger charge is 2.19. The summed E-state index contributed by atoms with van der Waals surface area (Å²) in [7, 11) is 0. The Morgan fingerprint density at radius 2 is 0.537 bits per heavy atom. The number of hydrogen-bond donors (Lipinski definition) is 0. The number of allylic oxidation sites excluding steroid dienone is 13. The van der Waals surface area contributed by atoms with Crippen molar-refractivity contribution in [3.63, 3.8) is 0 Å². The number of carbonyl (C=O) groups is 3. The minimum Gasteiger partial charge on any atom is -0.462 e. The molecule has 0 aromatic rings. The zero-order valence-electron chi connectivity index (χ0n) is 53.1. The van der Waals surface area contributed by atoms with E-state index in [2.05, 4.69) is 93.7 Å². The van der Waals surface area contributed by atoms with Crippen molar-refractivity contribution in [3.05, 3.63) is 85.1 Å². The Kier molecular flexibility index (Phi) is 65.2. The van der Waals surface area contributed by atoms with Gasteiger partial charge in [-0.1, -0.05) is 337 Å². The van der Waals surface area contributed by atoms with Crippen LogP contribution < -0.4 is 0 Å². The summed E-state index contributed by atoms with van der Waals surface area (Å²) in [6.07, 6.45) is 90.8. The fraction of sp³-hybridized carbons (Fsp3) is 0.770. The zero-order valence-corrected chi connectivity index (χ0v) is 53.1.